The number of halogens is 2. The highest BCUT2D eigenvalue weighted by Crippen LogP contribution is 2.34. The van der Waals surface area contributed by atoms with Gasteiger partial charge in [0, 0.05) is 31.2 Å². The predicted octanol–water partition coefficient (Wildman–Crippen LogP) is 1.81. The van der Waals surface area contributed by atoms with Gasteiger partial charge in [-0.15, -0.1) is 12.4 Å². The van der Waals surface area contributed by atoms with Crippen LogP contribution >= 0.6 is 12.4 Å². The molecule has 0 spiro atoms. The summed E-state index contributed by atoms with van der Waals surface area (Å²) in [5.74, 6) is -1.50. The van der Waals surface area contributed by atoms with E-state index < -0.39 is 11.7 Å². The highest BCUT2D eigenvalue weighted by molar-refractivity contribution is 6.01. The number of rotatable bonds is 5. The molecule has 1 unspecified atom stereocenters. The zero-order valence-electron chi connectivity index (χ0n) is 14.8. The maximum Gasteiger partial charge on any atom is 0.228 e. The Morgan fingerprint density at radius 3 is 2.81 bits per heavy atom. The van der Waals surface area contributed by atoms with Gasteiger partial charge in [0.25, 0.3) is 0 Å². The first-order valence-electron chi connectivity index (χ1n) is 8.60. The number of hydrogen-bond acceptors (Lipinski definition) is 4. The lowest BCUT2D eigenvalue weighted by atomic mass is 9.79. The molecule has 0 radical (unpaired) electrons. The van der Waals surface area contributed by atoms with Crippen molar-refractivity contribution in [2.24, 2.45) is 5.41 Å². The highest BCUT2D eigenvalue weighted by Gasteiger charge is 2.35. The number of fused-ring (bicyclic) bond motifs is 1. The molecule has 0 bridgehead atoms. The average Bonchev–Trinajstić information content (AvgIpc) is 2.59. The van der Waals surface area contributed by atoms with Crippen LogP contribution in [0, 0.1) is 11.2 Å². The van der Waals surface area contributed by atoms with Gasteiger partial charge in [0.05, 0.1) is 12.5 Å². The Kier molecular flexibility index (Phi) is 6.97. The van der Waals surface area contributed by atoms with Crippen LogP contribution in [0.4, 0.5) is 10.1 Å². The number of carbonyl (C=O) groups excluding carboxylic acids is 2. The second-order valence-corrected chi connectivity index (χ2v) is 6.94. The van der Waals surface area contributed by atoms with Crippen molar-refractivity contribution in [1.82, 2.24) is 10.6 Å². The van der Waals surface area contributed by atoms with Crippen LogP contribution in [0.2, 0.25) is 0 Å². The third kappa shape index (κ3) is 4.52. The Labute approximate surface area is 158 Å². The van der Waals surface area contributed by atoms with E-state index in [1.165, 1.54) is 12.1 Å². The van der Waals surface area contributed by atoms with Gasteiger partial charge in [-0.05, 0) is 43.6 Å². The number of carbonyl (C=O) groups is 2. The molecule has 2 amide bonds. The van der Waals surface area contributed by atoms with Crippen molar-refractivity contribution in [3.63, 3.8) is 0 Å². The van der Waals surface area contributed by atoms with Crippen molar-refractivity contribution >= 4 is 29.9 Å². The standard InChI is InChI=1S/C18H24FN3O3.ClH/c1-25-11-18(4-6-20-7-5-18)10-21-17(24)14-9-16(23)22-15-8-12(19)2-3-13(14)15;/h2-3,8,14,20H,4-7,9-11H2,1H3,(H,21,24)(H,22,23);1H. The maximum atomic E-state index is 13.4. The lowest BCUT2D eigenvalue weighted by Gasteiger charge is -2.37. The lowest BCUT2D eigenvalue weighted by Crippen LogP contribution is -2.48. The van der Waals surface area contributed by atoms with E-state index in [1.807, 2.05) is 0 Å². The van der Waals surface area contributed by atoms with Crippen LogP contribution in [0.5, 0.6) is 0 Å². The number of piperidine rings is 1. The summed E-state index contributed by atoms with van der Waals surface area (Å²) in [5.41, 5.74) is 0.951. The molecule has 26 heavy (non-hydrogen) atoms. The highest BCUT2D eigenvalue weighted by atomic mass is 35.5. The summed E-state index contributed by atoms with van der Waals surface area (Å²) in [5, 5.41) is 8.95. The van der Waals surface area contributed by atoms with Crippen molar-refractivity contribution in [1.29, 1.82) is 0 Å². The van der Waals surface area contributed by atoms with Gasteiger partial charge >= 0.3 is 0 Å². The molecule has 144 valence electrons. The van der Waals surface area contributed by atoms with Crippen molar-refractivity contribution in [3.8, 4) is 0 Å². The minimum atomic E-state index is -0.592. The van der Waals surface area contributed by atoms with E-state index >= 15 is 0 Å². The molecule has 1 atom stereocenters. The van der Waals surface area contributed by atoms with Crippen LogP contribution in [0.15, 0.2) is 18.2 Å². The van der Waals surface area contributed by atoms with E-state index in [4.69, 9.17) is 4.74 Å². The molecule has 1 aromatic rings. The number of benzene rings is 1. The quantitative estimate of drug-likeness (QED) is 0.722. The summed E-state index contributed by atoms with van der Waals surface area (Å²) in [4.78, 5) is 24.6. The molecule has 6 nitrogen and oxygen atoms in total. The van der Waals surface area contributed by atoms with Gasteiger partial charge < -0.3 is 20.7 Å². The monoisotopic (exact) mass is 385 g/mol. The van der Waals surface area contributed by atoms with Gasteiger partial charge in [0.15, 0.2) is 0 Å². The van der Waals surface area contributed by atoms with Crippen LogP contribution in [-0.4, -0.2) is 45.2 Å². The summed E-state index contributed by atoms with van der Waals surface area (Å²) in [7, 11) is 1.67. The zero-order valence-corrected chi connectivity index (χ0v) is 15.6. The molecule has 2 aliphatic heterocycles. The predicted molar refractivity (Wildman–Crippen MR) is 99.1 cm³/mol. The van der Waals surface area contributed by atoms with Crippen molar-refractivity contribution in [2.75, 3.05) is 38.7 Å². The fourth-order valence-electron chi connectivity index (χ4n) is 3.70. The van der Waals surface area contributed by atoms with Crippen molar-refractivity contribution in [3.05, 3.63) is 29.6 Å². The molecular weight excluding hydrogens is 361 g/mol. The Morgan fingerprint density at radius 2 is 2.12 bits per heavy atom. The Balaban J connectivity index is 0.00000243. The molecule has 8 heteroatoms. The molecule has 2 aliphatic rings. The molecule has 1 saturated heterocycles. The smallest absolute Gasteiger partial charge is 0.228 e. The number of amides is 2. The SMILES string of the molecule is COCC1(CNC(=O)C2CC(=O)Nc3cc(F)ccc32)CCNCC1.Cl. The van der Waals surface area contributed by atoms with Gasteiger partial charge in [-0.2, -0.15) is 0 Å². The third-order valence-corrected chi connectivity index (χ3v) is 5.12. The first kappa shape index (κ1) is 20.6. The van der Waals surface area contributed by atoms with Crippen molar-refractivity contribution < 1.29 is 18.7 Å². The second kappa shape index (κ2) is 8.79. The van der Waals surface area contributed by atoms with Gasteiger partial charge in [-0.1, -0.05) is 6.07 Å². The summed E-state index contributed by atoms with van der Waals surface area (Å²) in [6, 6.07) is 4.14. The average molecular weight is 386 g/mol. The van der Waals surface area contributed by atoms with Gasteiger partial charge in [0.1, 0.15) is 5.82 Å². The molecule has 1 fully saturated rings. The summed E-state index contributed by atoms with van der Waals surface area (Å²) in [6.07, 6.45) is 1.92. The van der Waals surface area contributed by atoms with Gasteiger partial charge in [0.2, 0.25) is 11.8 Å². The fourth-order valence-corrected chi connectivity index (χ4v) is 3.70. The zero-order chi connectivity index (χ0) is 17.9. The van der Waals surface area contributed by atoms with Crippen LogP contribution in [-0.2, 0) is 14.3 Å². The van der Waals surface area contributed by atoms with Crippen molar-refractivity contribution in [2.45, 2.75) is 25.2 Å². The summed E-state index contributed by atoms with van der Waals surface area (Å²) < 4.78 is 18.8. The fraction of sp³-hybridized carbons (Fsp3) is 0.556. The topological polar surface area (TPSA) is 79.5 Å². The number of ether oxygens (including phenoxy) is 1. The van der Waals surface area contributed by atoms with Crippen LogP contribution < -0.4 is 16.0 Å². The largest absolute Gasteiger partial charge is 0.384 e. The van der Waals surface area contributed by atoms with E-state index in [-0.39, 0.29) is 36.1 Å². The van der Waals surface area contributed by atoms with Gasteiger partial charge in [-0.25, -0.2) is 4.39 Å². The van der Waals surface area contributed by atoms with E-state index in [9.17, 15) is 14.0 Å². The van der Waals surface area contributed by atoms with E-state index in [0.29, 0.717) is 24.4 Å². The van der Waals surface area contributed by atoms with E-state index in [0.717, 1.165) is 25.9 Å². The molecule has 1 aromatic carbocycles. The maximum absolute atomic E-state index is 13.4. The molecule has 3 rings (SSSR count). The van der Waals surface area contributed by atoms with Crippen LogP contribution in [0.1, 0.15) is 30.7 Å². The van der Waals surface area contributed by atoms with Crippen LogP contribution in [0.3, 0.4) is 0 Å². The minimum Gasteiger partial charge on any atom is -0.384 e. The molecule has 0 aromatic heterocycles. The summed E-state index contributed by atoms with van der Waals surface area (Å²) >= 11 is 0. The number of hydrogen-bond donors (Lipinski definition) is 3. The Hall–Kier alpha value is -1.70. The third-order valence-electron chi connectivity index (χ3n) is 5.12. The minimum absolute atomic E-state index is 0. The van der Waals surface area contributed by atoms with Gasteiger partial charge in [-0.3, -0.25) is 9.59 Å². The molecule has 0 saturated carbocycles. The Bertz CT molecular complexity index is 660. The summed E-state index contributed by atoms with van der Waals surface area (Å²) in [6.45, 7) is 2.89. The second-order valence-electron chi connectivity index (χ2n) is 6.94. The molecule has 3 N–H and O–H groups in total. The first-order valence-corrected chi connectivity index (χ1v) is 8.60. The normalized spacial score (nSPS) is 21.2. The van der Waals surface area contributed by atoms with E-state index in [1.54, 1.807) is 13.2 Å². The Morgan fingerprint density at radius 1 is 1.38 bits per heavy atom. The molecular formula is C18H25ClFN3O3. The molecule has 2 heterocycles. The number of anilines is 1. The van der Waals surface area contributed by atoms with Crippen LogP contribution in [0.25, 0.3) is 0 Å². The first-order chi connectivity index (χ1) is 12.0. The number of methoxy groups -OCH3 is 1. The number of nitrogens with one attached hydrogen (secondary N) is 3. The molecule has 0 aliphatic carbocycles. The van der Waals surface area contributed by atoms with E-state index in [2.05, 4.69) is 16.0 Å². The lowest BCUT2D eigenvalue weighted by molar-refractivity contribution is -0.127.